The van der Waals surface area contributed by atoms with Gasteiger partial charge >= 0.3 is 0 Å². The molecular weight excluding hydrogens is 293 g/mol. The topological polar surface area (TPSA) is 56.6 Å². The molecule has 0 unspecified atom stereocenters. The fourth-order valence-corrected chi connectivity index (χ4v) is 1.59. The number of hydrogen-bond acceptors (Lipinski definition) is 2. The number of aromatic amines is 1. The van der Waals surface area contributed by atoms with E-state index in [4.69, 9.17) is 5.26 Å². The van der Waals surface area contributed by atoms with Crippen molar-refractivity contribution in [3.05, 3.63) is 31.2 Å². The van der Waals surface area contributed by atoms with Gasteiger partial charge in [-0.15, -0.1) is 0 Å². The minimum atomic E-state index is -2.82. The van der Waals surface area contributed by atoms with Gasteiger partial charge in [-0.3, -0.25) is 4.79 Å². The molecule has 1 aromatic rings. The number of H-pyrrole nitrogens is 1. The maximum atomic E-state index is 12.2. The Hall–Kier alpha value is -0.970. The predicted molar refractivity (Wildman–Crippen MR) is 49.5 cm³/mol. The van der Waals surface area contributed by atoms with E-state index in [2.05, 4.69) is 4.98 Å². The molecule has 0 bridgehead atoms. The van der Waals surface area contributed by atoms with Crippen LogP contribution in [0.5, 0.6) is 0 Å². The van der Waals surface area contributed by atoms with Gasteiger partial charge in [-0.1, -0.05) is 0 Å². The molecule has 1 aromatic heterocycles. The van der Waals surface area contributed by atoms with Gasteiger partial charge in [0.2, 0.25) is 0 Å². The van der Waals surface area contributed by atoms with Crippen LogP contribution in [0.1, 0.15) is 17.7 Å². The molecule has 0 radical (unpaired) electrons. The molecule has 0 aliphatic heterocycles. The van der Waals surface area contributed by atoms with E-state index in [1.807, 2.05) is 0 Å². The fraction of sp³-hybridized carbons (Fsp3) is 0.143. The highest BCUT2D eigenvalue weighted by atomic mass is 127. The molecule has 68 valence electrons. The summed E-state index contributed by atoms with van der Waals surface area (Å²) in [5.41, 5.74) is -1.41. The molecule has 0 fully saturated rings. The van der Waals surface area contributed by atoms with Crippen LogP contribution in [-0.4, -0.2) is 4.98 Å². The summed E-state index contributed by atoms with van der Waals surface area (Å²) in [7, 11) is 0. The van der Waals surface area contributed by atoms with E-state index >= 15 is 0 Å². The van der Waals surface area contributed by atoms with Crippen LogP contribution in [0.2, 0.25) is 0 Å². The second kappa shape index (κ2) is 3.83. The summed E-state index contributed by atoms with van der Waals surface area (Å²) in [6.45, 7) is 0. The fourth-order valence-electron chi connectivity index (χ4n) is 0.802. The number of alkyl halides is 2. The van der Waals surface area contributed by atoms with Crippen LogP contribution < -0.4 is 5.43 Å². The number of rotatable bonds is 1. The van der Waals surface area contributed by atoms with Crippen molar-refractivity contribution in [1.82, 2.24) is 4.98 Å². The average molecular weight is 296 g/mol. The van der Waals surface area contributed by atoms with Gasteiger partial charge in [-0.25, -0.2) is 8.78 Å². The zero-order chi connectivity index (χ0) is 10.0. The van der Waals surface area contributed by atoms with Gasteiger partial charge in [-0.05, 0) is 22.6 Å². The summed E-state index contributed by atoms with van der Waals surface area (Å²) in [6.07, 6.45) is -2.82. The molecule has 1 rings (SSSR count). The molecule has 3 nitrogen and oxygen atoms in total. The minimum absolute atomic E-state index is 0.0108. The predicted octanol–water partition coefficient (Wildman–Crippen LogP) is 1.79. The molecule has 0 spiro atoms. The Labute approximate surface area is 85.5 Å². The average Bonchev–Trinajstić information content (AvgIpc) is 2.02. The zero-order valence-corrected chi connectivity index (χ0v) is 8.30. The summed E-state index contributed by atoms with van der Waals surface area (Å²) in [6, 6.07) is 2.53. The highest BCUT2D eigenvalue weighted by Crippen LogP contribution is 2.19. The number of nitrogens with one attached hydrogen (secondary N) is 1. The Bertz CT molecular complexity index is 421. The zero-order valence-electron chi connectivity index (χ0n) is 6.14. The van der Waals surface area contributed by atoms with Crippen LogP contribution in [-0.2, 0) is 0 Å². The monoisotopic (exact) mass is 296 g/mol. The third kappa shape index (κ3) is 2.03. The van der Waals surface area contributed by atoms with Gasteiger partial charge in [0.05, 0.1) is 9.26 Å². The highest BCUT2D eigenvalue weighted by Gasteiger charge is 2.16. The Morgan fingerprint density at radius 2 is 2.23 bits per heavy atom. The molecule has 6 heteroatoms. The third-order valence-electron chi connectivity index (χ3n) is 1.36. The van der Waals surface area contributed by atoms with Crippen molar-refractivity contribution in [2.75, 3.05) is 0 Å². The number of hydrogen-bond donors (Lipinski definition) is 1. The van der Waals surface area contributed by atoms with Crippen molar-refractivity contribution in [2.24, 2.45) is 0 Å². The number of halogens is 3. The Balaban J connectivity index is 3.43. The van der Waals surface area contributed by atoms with Crippen LogP contribution in [0, 0.1) is 15.0 Å². The van der Waals surface area contributed by atoms with E-state index < -0.39 is 17.4 Å². The van der Waals surface area contributed by atoms with E-state index in [1.54, 1.807) is 28.7 Å². The van der Waals surface area contributed by atoms with Gasteiger partial charge in [-0.2, -0.15) is 5.26 Å². The number of aromatic nitrogens is 1. The lowest BCUT2D eigenvalue weighted by atomic mass is 10.2. The lowest BCUT2D eigenvalue weighted by Gasteiger charge is -2.01. The SMILES string of the molecule is N#Cc1cc(=O)c(C(F)F)c(I)[nH]1. The quantitative estimate of drug-likeness (QED) is 0.634. The van der Waals surface area contributed by atoms with Crippen molar-refractivity contribution in [3.63, 3.8) is 0 Å². The second-order valence-electron chi connectivity index (χ2n) is 2.19. The smallest absolute Gasteiger partial charge is 0.270 e. The lowest BCUT2D eigenvalue weighted by molar-refractivity contribution is 0.148. The molecule has 1 heterocycles. The van der Waals surface area contributed by atoms with Crippen molar-refractivity contribution in [2.45, 2.75) is 6.43 Å². The van der Waals surface area contributed by atoms with Gasteiger partial charge in [0, 0.05) is 6.07 Å². The molecule has 0 aliphatic rings. The highest BCUT2D eigenvalue weighted by molar-refractivity contribution is 14.1. The summed E-state index contributed by atoms with van der Waals surface area (Å²) < 4.78 is 24.4. The van der Waals surface area contributed by atoms with Crippen molar-refractivity contribution < 1.29 is 8.78 Å². The van der Waals surface area contributed by atoms with E-state index in [1.165, 1.54) is 0 Å². The van der Waals surface area contributed by atoms with Gasteiger partial charge < -0.3 is 4.98 Å². The summed E-state index contributed by atoms with van der Waals surface area (Å²) in [4.78, 5) is 13.4. The maximum absolute atomic E-state index is 12.2. The number of pyridine rings is 1. The maximum Gasteiger partial charge on any atom is 0.270 e. The Kier molecular flexibility index (Phi) is 2.98. The Morgan fingerprint density at radius 1 is 1.62 bits per heavy atom. The van der Waals surface area contributed by atoms with Crippen molar-refractivity contribution >= 4 is 22.6 Å². The minimum Gasteiger partial charge on any atom is -0.341 e. The molecule has 0 atom stereocenters. The van der Waals surface area contributed by atoms with Crippen molar-refractivity contribution in [1.29, 1.82) is 5.26 Å². The number of nitriles is 1. The molecular formula is C7H3F2IN2O. The molecule has 0 saturated carbocycles. The number of nitrogens with zero attached hydrogens (tertiary/aromatic N) is 1. The first-order valence-electron chi connectivity index (χ1n) is 3.17. The van der Waals surface area contributed by atoms with E-state index in [0.717, 1.165) is 6.07 Å². The normalized spacial score (nSPS) is 10.1. The molecule has 0 aromatic carbocycles. The molecule has 1 N–H and O–H groups in total. The Morgan fingerprint density at radius 3 is 2.62 bits per heavy atom. The summed E-state index contributed by atoms with van der Waals surface area (Å²) in [5.74, 6) is 0. The molecule has 13 heavy (non-hydrogen) atoms. The van der Waals surface area contributed by atoms with E-state index in [9.17, 15) is 13.6 Å². The summed E-state index contributed by atoms with van der Waals surface area (Å²) in [5, 5.41) is 8.41. The first-order valence-corrected chi connectivity index (χ1v) is 4.25. The lowest BCUT2D eigenvalue weighted by Crippen LogP contribution is -2.13. The first kappa shape index (κ1) is 10.1. The summed E-state index contributed by atoms with van der Waals surface area (Å²) >= 11 is 1.56. The van der Waals surface area contributed by atoms with Crippen LogP contribution in [0.3, 0.4) is 0 Å². The van der Waals surface area contributed by atoms with E-state index in [0.29, 0.717) is 0 Å². The molecule has 0 amide bonds. The third-order valence-corrected chi connectivity index (χ3v) is 2.21. The molecule has 0 saturated heterocycles. The van der Waals surface area contributed by atoms with Crippen LogP contribution in [0.15, 0.2) is 10.9 Å². The van der Waals surface area contributed by atoms with Crippen LogP contribution in [0.4, 0.5) is 8.78 Å². The first-order chi connectivity index (χ1) is 6.06. The van der Waals surface area contributed by atoms with Gasteiger partial charge in [0.1, 0.15) is 11.8 Å². The van der Waals surface area contributed by atoms with Crippen LogP contribution in [0.25, 0.3) is 0 Å². The van der Waals surface area contributed by atoms with Crippen molar-refractivity contribution in [3.8, 4) is 6.07 Å². The van der Waals surface area contributed by atoms with Gasteiger partial charge in [0.25, 0.3) is 6.43 Å². The standard InChI is InChI=1S/C7H3F2IN2O/c8-6(9)5-4(13)1-3(2-11)12-7(5)10/h1,6H,(H,12,13). The second-order valence-corrected chi connectivity index (χ2v) is 3.27. The van der Waals surface area contributed by atoms with Crippen LogP contribution >= 0.6 is 22.6 Å². The van der Waals surface area contributed by atoms with E-state index in [-0.39, 0.29) is 9.39 Å². The largest absolute Gasteiger partial charge is 0.341 e. The van der Waals surface area contributed by atoms with Gasteiger partial charge in [0.15, 0.2) is 5.43 Å². The molecule has 0 aliphatic carbocycles.